The molecule has 5 aromatic rings. The summed E-state index contributed by atoms with van der Waals surface area (Å²) < 4.78 is 16.0. The molecule has 5 rings (SSSR count). The lowest BCUT2D eigenvalue weighted by molar-refractivity contribution is 0.401. The van der Waals surface area contributed by atoms with E-state index in [4.69, 9.17) is 9.47 Å². The Labute approximate surface area is 189 Å². The molecule has 0 atom stereocenters. The lowest BCUT2D eigenvalue weighted by atomic mass is 10.2. The van der Waals surface area contributed by atoms with Crippen LogP contribution in [0.3, 0.4) is 0 Å². The van der Waals surface area contributed by atoms with Gasteiger partial charge in [0.05, 0.1) is 43.7 Å². The van der Waals surface area contributed by atoms with Gasteiger partial charge in [0.2, 0.25) is 0 Å². The van der Waals surface area contributed by atoms with Gasteiger partial charge in [-0.25, -0.2) is 14.0 Å². The Bertz CT molecular complexity index is 1460. The first-order chi connectivity index (χ1) is 16.2. The Kier molecular flexibility index (Phi) is 5.19. The molecule has 3 heterocycles. The maximum Gasteiger partial charge on any atom is 0.251 e. The van der Waals surface area contributed by atoms with Gasteiger partial charge in [0, 0.05) is 18.5 Å². The number of para-hydroxylation sites is 1. The van der Waals surface area contributed by atoms with Gasteiger partial charge in [-0.1, -0.05) is 18.2 Å². The Balaban J connectivity index is 1.67. The van der Waals surface area contributed by atoms with E-state index >= 15 is 0 Å². The Morgan fingerprint density at radius 2 is 1.61 bits per heavy atom. The van der Waals surface area contributed by atoms with Crippen molar-refractivity contribution in [2.45, 2.75) is 0 Å². The molecule has 0 spiro atoms. The molecule has 0 amide bonds. The fourth-order valence-electron chi connectivity index (χ4n) is 3.58. The summed E-state index contributed by atoms with van der Waals surface area (Å²) in [6.07, 6.45) is 6.72. The van der Waals surface area contributed by atoms with Gasteiger partial charge < -0.3 is 9.47 Å². The fourth-order valence-corrected chi connectivity index (χ4v) is 3.58. The largest absolute Gasteiger partial charge is 0.494 e. The van der Waals surface area contributed by atoms with Crippen molar-refractivity contribution in [1.29, 1.82) is 0 Å². The average molecular weight is 440 g/mol. The van der Waals surface area contributed by atoms with Gasteiger partial charge in [0.25, 0.3) is 5.43 Å². The first-order valence-corrected chi connectivity index (χ1v) is 10.2. The molecule has 0 bridgehead atoms. The second-order valence-corrected chi connectivity index (χ2v) is 7.09. The predicted molar refractivity (Wildman–Crippen MR) is 123 cm³/mol. The van der Waals surface area contributed by atoms with E-state index in [0.717, 1.165) is 11.4 Å². The van der Waals surface area contributed by atoms with Gasteiger partial charge >= 0.3 is 0 Å². The number of nitrogens with zero attached hydrogens (tertiary/aromatic N) is 6. The summed E-state index contributed by atoms with van der Waals surface area (Å²) in [5.41, 5.74) is 2.70. The number of benzene rings is 2. The van der Waals surface area contributed by atoms with E-state index < -0.39 is 0 Å². The van der Waals surface area contributed by atoms with E-state index in [1.807, 2.05) is 60.8 Å². The summed E-state index contributed by atoms with van der Waals surface area (Å²) >= 11 is 0. The molecular formula is C24H20N6O3. The molecule has 0 radical (unpaired) electrons. The third kappa shape index (κ3) is 3.65. The van der Waals surface area contributed by atoms with E-state index in [-0.39, 0.29) is 16.9 Å². The van der Waals surface area contributed by atoms with Crippen molar-refractivity contribution >= 4 is 0 Å². The maximum absolute atomic E-state index is 13.1. The molecule has 0 N–H and O–H groups in total. The molecule has 3 aromatic heterocycles. The van der Waals surface area contributed by atoms with Crippen LogP contribution in [0, 0.1) is 0 Å². The Morgan fingerprint density at radius 3 is 2.33 bits per heavy atom. The first-order valence-electron chi connectivity index (χ1n) is 10.2. The van der Waals surface area contributed by atoms with Crippen molar-refractivity contribution in [3.05, 3.63) is 95.7 Å². The van der Waals surface area contributed by atoms with Crippen molar-refractivity contribution in [2.24, 2.45) is 0 Å². The summed E-state index contributed by atoms with van der Waals surface area (Å²) in [7, 11) is 3.04. The lowest BCUT2D eigenvalue weighted by Crippen LogP contribution is -2.18. The highest BCUT2D eigenvalue weighted by atomic mass is 16.5. The maximum atomic E-state index is 13.1. The zero-order chi connectivity index (χ0) is 22.8. The number of ether oxygens (including phenoxy) is 2. The highest BCUT2D eigenvalue weighted by Gasteiger charge is 2.19. The number of methoxy groups -OCH3 is 2. The molecule has 9 heteroatoms. The van der Waals surface area contributed by atoms with Crippen LogP contribution in [0.4, 0.5) is 0 Å². The summed E-state index contributed by atoms with van der Waals surface area (Å²) in [5, 5.41) is 13.3. The summed E-state index contributed by atoms with van der Waals surface area (Å²) in [4.78, 5) is 13.1. The minimum absolute atomic E-state index is 0.152. The van der Waals surface area contributed by atoms with Gasteiger partial charge in [0.1, 0.15) is 11.4 Å². The quantitative estimate of drug-likeness (QED) is 0.403. The topological polar surface area (TPSA) is 89.0 Å². The number of rotatable bonds is 6. The fraction of sp³-hybridized carbons (Fsp3) is 0.0833. The molecule has 0 aliphatic rings. The minimum atomic E-state index is -0.335. The molecular weight excluding hydrogens is 420 g/mol. The van der Waals surface area contributed by atoms with Crippen LogP contribution in [-0.2, 0) is 0 Å². The summed E-state index contributed by atoms with van der Waals surface area (Å²) in [6.45, 7) is 0. The second kappa shape index (κ2) is 8.46. The Hall–Kier alpha value is -4.66. The van der Waals surface area contributed by atoms with E-state index in [1.165, 1.54) is 7.11 Å². The molecule has 0 aliphatic carbocycles. The smallest absolute Gasteiger partial charge is 0.251 e. The van der Waals surface area contributed by atoms with Crippen molar-refractivity contribution in [2.75, 3.05) is 14.2 Å². The normalized spacial score (nSPS) is 10.8. The van der Waals surface area contributed by atoms with Gasteiger partial charge in [-0.05, 0) is 36.4 Å². The van der Waals surface area contributed by atoms with Gasteiger partial charge in [0.15, 0.2) is 11.4 Å². The van der Waals surface area contributed by atoms with Gasteiger partial charge in [-0.3, -0.25) is 4.79 Å². The van der Waals surface area contributed by atoms with Crippen LogP contribution in [0.25, 0.3) is 28.5 Å². The monoisotopic (exact) mass is 440 g/mol. The van der Waals surface area contributed by atoms with E-state index in [9.17, 15) is 4.79 Å². The zero-order valence-electron chi connectivity index (χ0n) is 18.0. The van der Waals surface area contributed by atoms with Crippen LogP contribution in [0.15, 0.2) is 90.2 Å². The molecule has 0 aliphatic heterocycles. The zero-order valence-corrected chi connectivity index (χ0v) is 18.0. The molecule has 164 valence electrons. The minimum Gasteiger partial charge on any atom is -0.494 e. The Morgan fingerprint density at radius 1 is 0.788 bits per heavy atom. The third-order valence-electron chi connectivity index (χ3n) is 5.17. The molecule has 2 aromatic carbocycles. The van der Waals surface area contributed by atoms with Crippen LogP contribution < -0.4 is 14.9 Å². The van der Waals surface area contributed by atoms with Crippen molar-refractivity contribution in [3.8, 4) is 39.9 Å². The first kappa shape index (κ1) is 20.3. The molecule has 0 saturated carbocycles. The SMILES string of the molecule is COc1cc(-n2cccn2)ccc1-n1cc(OC)c(=O)c(-c2ccnn2-c2ccccc2)n1. The number of aromatic nitrogens is 6. The number of hydrogen-bond donors (Lipinski definition) is 0. The van der Waals surface area contributed by atoms with Crippen molar-refractivity contribution in [3.63, 3.8) is 0 Å². The van der Waals surface area contributed by atoms with E-state index in [0.29, 0.717) is 17.1 Å². The van der Waals surface area contributed by atoms with Crippen LogP contribution in [0.5, 0.6) is 11.5 Å². The summed E-state index contributed by atoms with van der Waals surface area (Å²) in [6, 6.07) is 18.7. The molecule has 0 unspecified atom stereocenters. The summed E-state index contributed by atoms with van der Waals surface area (Å²) in [5.74, 6) is 0.711. The van der Waals surface area contributed by atoms with E-state index in [1.54, 1.807) is 45.8 Å². The number of hydrogen-bond acceptors (Lipinski definition) is 6. The predicted octanol–water partition coefficient (Wildman–Crippen LogP) is 3.29. The van der Waals surface area contributed by atoms with Gasteiger partial charge in [-0.15, -0.1) is 0 Å². The third-order valence-corrected chi connectivity index (χ3v) is 5.17. The highest BCUT2D eigenvalue weighted by Crippen LogP contribution is 2.27. The second-order valence-electron chi connectivity index (χ2n) is 7.09. The lowest BCUT2D eigenvalue weighted by Gasteiger charge is -2.15. The van der Waals surface area contributed by atoms with Crippen LogP contribution in [0.1, 0.15) is 0 Å². The van der Waals surface area contributed by atoms with Crippen LogP contribution in [0.2, 0.25) is 0 Å². The molecule has 0 fully saturated rings. The average Bonchev–Trinajstić information content (AvgIpc) is 3.57. The van der Waals surface area contributed by atoms with Crippen molar-refractivity contribution in [1.82, 2.24) is 29.3 Å². The molecule has 0 saturated heterocycles. The van der Waals surface area contributed by atoms with Crippen LogP contribution >= 0.6 is 0 Å². The van der Waals surface area contributed by atoms with Crippen molar-refractivity contribution < 1.29 is 9.47 Å². The standard InChI is InChI=1S/C24H20N6O3/c1-32-21-15-18(28-14-6-12-25-28)9-10-19(21)29-16-22(33-2)24(31)23(27-29)20-11-13-26-30(20)17-7-4-3-5-8-17/h3-16H,1-2H3. The highest BCUT2D eigenvalue weighted by molar-refractivity contribution is 5.60. The molecule has 9 nitrogen and oxygen atoms in total. The van der Waals surface area contributed by atoms with Gasteiger partial charge in [-0.2, -0.15) is 15.3 Å². The van der Waals surface area contributed by atoms with Crippen LogP contribution in [-0.4, -0.2) is 43.6 Å². The van der Waals surface area contributed by atoms with E-state index in [2.05, 4.69) is 15.3 Å². The molecule has 33 heavy (non-hydrogen) atoms.